The van der Waals surface area contributed by atoms with Gasteiger partial charge < -0.3 is 4.90 Å². The lowest BCUT2D eigenvalue weighted by molar-refractivity contribution is 0.0721. The summed E-state index contributed by atoms with van der Waals surface area (Å²) in [5.41, 5.74) is 1.79. The third-order valence-electron chi connectivity index (χ3n) is 4.56. The Morgan fingerprint density at radius 2 is 2.28 bits per heavy atom. The van der Waals surface area contributed by atoms with E-state index in [1.165, 1.54) is 0 Å². The number of likely N-dealkylation sites (tertiary alicyclic amines) is 1. The maximum Gasteiger partial charge on any atom is 0.254 e. The van der Waals surface area contributed by atoms with Gasteiger partial charge in [0.1, 0.15) is 12.1 Å². The highest BCUT2D eigenvalue weighted by molar-refractivity contribution is 5.94. The lowest BCUT2D eigenvalue weighted by atomic mass is 10.2. The van der Waals surface area contributed by atoms with Gasteiger partial charge in [-0.05, 0) is 37.5 Å². The Bertz CT molecular complexity index is 869. The van der Waals surface area contributed by atoms with Crippen LogP contribution in [0.2, 0.25) is 0 Å². The van der Waals surface area contributed by atoms with E-state index >= 15 is 0 Å². The molecule has 0 radical (unpaired) electrons. The van der Waals surface area contributed by atoms with Crippen LogP contribution in [0.1, 0.15) is 28.8 Å². The van der Waals surface area contributed by atoms with Crippen molar-refractivity contribution in [3.05, 3.63) is 60.6 Å². The molecule has 128 valence electrons. The van der Waals surface area contributed by atoms with Crippen molar-refractivity contribution in [1.82, 2.24) is 29.2 Å². The first-order chi connectivity index (χ1) is 12.2. The van der Waals surface area contributed by atoms with E-state index in [1.54, 1.807) is 29.4 Å². The number of amides is 1. The van der Waals surface area contributed by atoms with Gasteiger partial charge in [0.25, 0.3) is 5.91 Å². The summed E-state index contributed by atoms with van der Waals surface area (Å²) >= 11 is 0. The van der Waals surface area contributed by atoms with E-state index in [9.17, 15) is 4.79 Å². The van der Waals surface area contributed by atoms with E-state index in [0.717, 1.165) is 31.5 Å². The number of imidazole rings is 1. The fourth-order valence-corrected chi connectivity index (χ4v) is 3.33. The van der Waals surface area contributed by atoms with Gasteiger partial charge in [0.2, 0.25) is 0 Å². The first-order valence-corrected chi connectivity index (χ1v) is 8.45. The van der Waals surface area contributed by atoms with Crippen molar-refractivity contribution in [2.45, 2.75) is 32.4 Å². The van der Waals surface area contributed by atoms with Crippen LogP contribution >= 0.6 is 0 Å². The number of carbonyl (C=O) groups is 1. The maximum absolute atomic E-state index is 13.0. The molecule has 4 rings (SSSR count). The van der Waals surface area contributed by atoms with Crippen molar-refractivity contribution in [2.75, 3.05) is 6.54 Å². The van der Waals surface area contributed by atoms with Gasteiger partial charge in [-0.2, -0.15) is 5.10 Å². The topological polar surface area (TPSA) is 68.8 Å². The first-order valence-electron chi connectivity index (χ1n) is 8.45. The molecule has 0 spiro atoms. The minimum atomic E-state index is 0.0511. The zero-order valence-corrected chi connectivity index (χ0v) is 14.1. The second-order valence-corrected chi connectivity index (χ2v) is 6.41. The maximum atomic E-state index is 13.0. The second kappa shape index (κ2) is 6.51. The van der Waals surface area contributed by atoms with Crippen molar-refractivity contribution >= 4 is 5.91 Å². The summed E-state index contributed by atoms with van der Waals surface area (Å²) in [6.45, 7) is 3.54. The third-order valence-corrected chi connectivity index (χ3v) is 4.56. The molecule has 0 bridgehead atoms. The number of hydrogen-bond donors (Lipinski definition) is 0. The van der Waals surface area contributed by atoms with Crippen molar-refractivity contribution < 1.29 is 4.79 Å². The SMILES string of the molecule is Cc1cnn(C[C@@H]2CCCN2C(=O)c2ccnc(-n3ccnc3)c2)c1. The molecule has 1 aliphatic rings. The van der Waals surface area contributed by atoms with E-state index in [2.05, 4.69) is 15.1 Å². The zero-order chi connectivity index (χ0) is 17.2. The van der Waals surface area contributed by atoms with Gasteiger partial charge in [0, 0.05) is 36.9 Å². The van der Waals surface area contributed by atoms with E-state index in [-0.39, 0.29) is 11.9 Å². The van der Waals surface area contributed by atoms with Crippen LogP contribution in [0.25, 0.3) is 5.82 Å². The van der Waals surface area contributed by atoms with Gasteiger partial charge in [-0.25, -0.2) is 9.97 Å². The average Bonchev–Trinajstić information content (AvgIpc) is 3.37. The Kier molecular flexibility index (Phi) is 4.05. The molecule has 3 aromatic rings. The van der Waals surface area contributed by atoms with Crippen LogP contribution in [-0.2, 0) is 6.54 Å². The van der Waals surface area contributed by atoms with E-state index in [1.807, 2.05) is 41.2 Å². The molecular weight excluding hydrogens is 316 g/mol. The fourth-order valence-electron chi connectivity index (χ4n) is 3.33. The van der Waals surface area contributed by atoms with Crippen LogP contribution in [0.3, 0.4) is 0 Å². The summed E-state index contributed by atoms with van der Waals surface area (Å²) < 4.78 is 3.72. The van der Waals surface area contributed by atoms with Gasteiger partial charge in [0.15, 0.2) is 0 Å². The van der Waals surface area contributed by atoms with Gasteiger partial charge in [-0.15, -0.1) is 0 Å². The molecule has 1 amide bonds. The van der Waals surface area contributed by atoms with Crippen molar-refractivity contribution in [3.8, 4) is 5.82 Å². The number of aromatic nitrogens is 5. The summed E-state index contributed by atoms with van der Waals surface area (Å²) in [7, 11) is 0. The molecule has 0 unspecified atom stereocenters. The molecule has 7 heteroatoms. The minimum Gasteiger partial charge on any atom is -0.334 e. The van der Waals surface area contributed by atoms with E-state index < -0.39 is 0 Å². The summed E-state index contributed by atoms with van der Waals surface area (Å²) in [5.74, 6) is 0.747. The molecule has 4 heterocycles. The van der Waals surface area contributed by atoms with E-state index in [4.69, 9.17) is 0 Å². The Morgan fingerprint density at radius 1 is 1.36 bits per heavy atom. The highest BCUT2D eigenvalue weighted by Crippen LogP contribution is 2.22. The molecule has 0 N–H and O–H groups in total. The third kappa shape index (κ3) is 3.17. The highest BCUT2D eigenvalue weighted by atomic mass is 16.2. The molecule has 3 aromatic heterocycles. The van der Waals surface area contributed by atoms with Crippen molar-refractivity contribution in [1.29, 1.82) is 0 Å². The quantitative estimate of drug-likeness (QED) is 0.731. The molecule has 1 fully saturated rings. The minimum absolute atomic E-state index is 0.0511. The first kappa shape index (κ1) is 15.6. The number of rotatable bonds is 4. The molecular formula is C18H20N6O. The summed E-state index contributed by atoms with van der Waals surface area (Å²) in [4.78, 5) is 23.3. The van der Waals surface area contributed by atoms with E-state index in [0.29, 0.717) is 11.4 Å². The Hall–Kier alpha value is -2.96. The average molecular weight is 336 g/mol. The smallest absolute Gasteiger partial charge is 0.254 e. The van der Waals surface area contributed by atoms with Crippen molar-refractivity contribution in [2.24, 2.45) is 0 Å². The standard InChI is InChI=1S/C18H20N6O/c1-14-10-21-23(11-14)12-16-3-2-7-24(16)18(25)15-4-5-20-17(9-15)22-8-6-19-13-22/h4-6,8-11,13,16H,2-3,7,12H2,1H3/t16-/m0/s1. The highest BCUT2D eigenvalue weighted by Gasteiger charge is 2.30. The Labute approximate surface area is 145 Å². The lowest BCUT2D eigenvalue weighted by Crippen LogP contribution is -2.38. The fraction of sp³-hybridized carbons (Fsp3) is 0.333. The molecule has 0 aromatic carbocycles. The Morgan fingerprint density at radius 3 is 3.04 bits per heavy atom. The zero-order valence-electron chi connectivity index (χ0n) is 14.1. The molecule has 0 saturated carbocycles. The normalized spacial score (nSPS) is 17.2. The van der Waals surface area contributed by atoms with Crippen LogP contribution in [0.5, 0.6) is 0 Å². The predicted octanol–water partition coefficient (Wildman–Crippen LogP) is 2.08. The lowest BCUT2D eigenvalue weighted by Gasteiger charge is -2.25. The van der Waals surface area contributed by atoms with Gasteiger partial charge in [0.05, 0.1) is 18.8 Å². The molecule has 0 aliphatic carbocycles. The van der Waals surface area contributed by atoms with Gasteiger partial charge >= 0.3 is 0 Å². The number of hydrogen-bond acceptors (Lipinski definition) is 4. The van der Waals surface area contributed by atoms with Gasteiger partial charge in [-0.3, -0.25) is 14.0 Å². The van der Waals surface area contributed by atoms with Crippen LogP contribution in [0.4, 0.5) is 0 Å². The molecule has 1 atom stereocenters. The van der Waals surface area contributed by atoms with Crippen LogP contribution < -0.4 is 0 Å². The monoisotopic (exact) mass is 336 g/mol. The van der Waals surface area contributed by atoms with Crippen molar-refractivity contribution in [3.63, 3.8) is 0 Å². The van der Waals surface area contributed by atoms with Crippen LogP contribution in [-0.4, -0.2) is 47.7 Å². The number of nitrogens with zero attached hydrogens (tertiary/aromatic N) is 6. The molecule has 7 nitrogen and oxygen atoms in total. The largest absolute Gasteiger partial charge is 0.334 e. The summed E-state index contributed by atoms with van der Waals surface area (Å²) in [5, 5.41) is 4.35. The number of carbonyl (C=O) groups excluding carboxylic acids is 1. The number of aryl methyl sites for hydroxylation is 1. The molecule has 25 heavy (non-hydrogen) atoms. The Balaban J connectivity index is 1.54. The molecule has 1 aliphatic heterocycles. The number of pyridine rings is 1. The summed E-state index contributed by atoms with van der Waals surface area (Å²) in [6, 6.07) is 3.77. The van der Waals surface area contributed by atoms with Gasteiger partial charge in [-0.1, -0.05) is 0 Å². The molecule has 1 saturated heterocycles. The van der Waals surface area contributed by atoms with Crippen LogP contribution in [0, 0.1) is 6.92 Å². The summed E-state index contributed by atoms with van der Waals surface area (Å²) in [6.07, 6.45) is 12.8. The predicted molar refractivity (Wildman–Crippen MR) is 92.4 cm³/mol. The second-order valence-electron chi connectivity index (χ2n) is 6.41. The van der Waals surface area contributed by atoms with Crippen LogP contribution in [0.15, 0.2) is 49.4 Å².